The van der Waals surface area contributed by atoms with E-state index < -0.39 is 5.60 Å². The van der Waals surface area contributed by atoms with Gasteiger partial charge in [0.1, 0.15) is 0 Å². The maximum atomic E-state index is 9.91. The van der Waals surface area contributed by atoms with E-state index in [0.717, 1.165) is 23.7 Å². The maximum absolute atomic E-state index is 9.91. The third kappa shape index (κ3) is 1.68. The Morgan fingerprint density at radius 3 is 2.88 bits per heavy atom. The third-order valence-corrected chi connectivity index (χ3v) is 4.00. The number of hydrogen-bond acceptors (Lipinski definition) is 1. The summed E-state index contributed by atoms with van der Waals surface area (Å²) in [5.74, 6) is 0. The Kier molecular flexibility index (Phi) is 2.17. The van der Waals surface area contributed by atoms with Crippen molar-refractivity contribution < 1.29 is 5.11 Å². The molecule has 0 radical (unpaired) electrons. The quantitative estimate of drug-likeness (QED) is 0.898. The number of aromatic nitrogens is 1. The first-order chi connectivity index (χ1) is 7.57. The molecule has 0 atom stereocenters. The summed E-state index contributed by atoms with van der Waals surface area (Å²) < 4.78 is 3.24. The average Bonchev–Trinajstić information content (AvgIpc) is 2.88. The highest BCUT2D eigenvalue weighted by atomic mass is 79.9. The Morgan fingerprint density at radius 1 is 1.44 bits per heavy atom. The van der Waals surface area contributed by atoms with Gasteiger partial charge in [0, 0.05) is 35.0 Å². The molecule has 0 spiro atoms. The van der Waals surface area contributed by atoms with Crippen LogP contribution in [0.2, 0.25) is 0 Å². The molecular weight excluding hydrogens is 266 g/mol. The molecule has 0 amide bonds. The molecule has 0 bridgehead atoms. The molecule has 3 heteroatoms. The SMILES string of the molecule is Cn1cc(Br)c2ccc(CC3(O)CC3)cc21. The largest absolute Gasteiger partial charge is 0.390 e. The lowest BCUT2D eigenvalue weighted by atomic mass is 10.1. The van der Waals surface area contributed by atoms with Crippen LogP contribution >= 0.6 is 15.9 Å². The number of rotatable bonds is 2. The monoisotopic (exact) mass is 279 g/mol. The minimum atomic E-state index is -0.407. The van der Waals surface area contributed by atoms with Crippen molar-refractivity contribution in [1.82, 2.24) is 4.57 Å². The van der Waals surface area contributed by atoms with Gasteiger partial charge in [-0.1, -0.05) is 12.1 Å². The van der Waals surface area contributed by atoms with Crippen LogP contribution in [0.5, 0.6) is 0 Å². The van der Waals surface area contributed by atoms with Crippen molar-refractivity contribution in [3.63, 3.8) is 0 Å². The highest BCUT2D eigenvalue weighted by Gasteiger charge is 2.40. The van der Waals surface area contributed by atoms with Crippen molar-refractivity contribution in [2.24, 2.45) is 7.05 Å². The minimum Gasteiger partial charge on any atom is -0.390 e. The summed E-state index contributed by atoms with van der Waals surface area (Å²) in [5.41, 5.74) is 2.03. The molecule has 1 aromatic heterocycles. The standard InChI is InChI=1S/C13H14BrNO/c1-15-8-11(14)10-3-2-9(6-12(10)15)7-13(16)4-5-13/h2-3,6,8,16H,4-5,7H2,1H3. The van der Waals surface area contributed by atoms with Gasteiger partial charge in [0.25, 0.3) is 0 Å². The van der Waals surface area contributed by atoms with Crippen LogP contribution in [-0.4, -0.2) is 15.3 Å². The number of hydrogen-bond donors (Lipinski definition) is 1. The van der Waals surface area contributed by atoms with Crippen molar-refractivity contribution in [2.45, 2.75) is 24.9 Å². The molecule has 84 valence electrons. The highest BCUT2D eigenvalue weighted by molar-refractivity contribution is 9.10. The third-order valence-electron chi connectivity index (χ3n) is 3.37. The van der Waals surface area contributed by atoms with E-state index in [2.05, 4.69) is 44.9 Å². The van der Waals surface area contributed by atoms with Crippen molar-refractivity contribution in [2.75, 3.05) is 0 Å². The minimum absolute atomic E-state index is 0.407. The van der Waals surface area contributed by atoms with Crippen LogP contribution in [0.15, 0.2) is 28.9 Å². The second kappa shape index (κ2) is 3.34. The number of nitrogens with zero attached hydrogens (tertiary/aromatic N) is 1. The van der Waals surface area contributed by atoms with E-state index >= 15 is 0 Å². The Bertz CT molecular complexity index is 554. The second-order valence-electron chi connectivity index (χ2n) is 4.84. The fraction of sp³-hybridized carbons (Fsp3) is 0.385. The van der Waals surface area contributed by atoms with Crippen molar-refractivity contribution >= 4 is 26.8 Å². The van der Waals surface area contributed by atoms with Gasteiger partial charge in [-0.2, -0.15) is 0 Å². The molecule has 1 N–H and O–H groups in total. The van der Waals surface area contributed by atoms with Gasteiger partial charge in [-0.15, -0.1) is 0 Å². The first kappa shape index (κ1) is 10.4. The maximum Gasteiger partial charge on any atom is 0.0690 e. The van der Waals surface area contributed by atoms with Gasteiger partial charge in [0.2, 0.25) is 0 Å². The smallest absolute Gasteiger partial charge is 0.0690 e. The zero-order valence-corrected chi connectivity index (χ0v) is 10.8. The first-order valence-corrected chi connectivity index (χ1v) is 6.33. The van der Waals surface area contributed by atoms with Crippen LogP contribution in [0, 0.1) is 0 Å². The van der Waals surface area contributed by atoms with Gasteiger partial charge in [0.15, 0.2) is 0 Å². The summed E-state index contributed by atoms with van der Waals surface area (Å²) in [6, 6.07) is 6.42. The zero-order chi connectivity index (χ0) is 11.3. The summed E-state index contributed by atoms with van der Waals surface area (Å²) in [5, 5.41) is 11.1. The van der Waals surface area contributed by atoms with Gasteiger partial charge in [0.05, 0.1) is 5.60 Å². The molecule has 0 saturated heterocycles. The fourth-order valence-corrected chi connectivity index (χ4v) is 2.83. The van der Waals surface area contributed by atoms with Crippen LogP contribution in [0.1, 0.15) is 18.4 Å². The number of aliphatic hydroxyl groups is 1. The summed E-state index contributed by atoms with van der Waals surface area (Å²) >= 11 is 3.55. The molecule has 1 aliphatic rings. The van der Waals surface area contributed by atoms with Crippen LogP contribution in [-0.2, 0) is 13.5 Å². The number of aryl methyl sites for hydroxylation is 1. The molecule has 1 heterocycles. The summed E-state index contributed by atoms with van der Waals surface area (Å²) in [4.78, 5) is 0. The van der Waals surface area contributed by atoms with E-state index in [1.807, 2.05) is 7.05 Å². The lowest BCUT2D eigenvalue weighted by molar-refractivity contribution is 0.151. The van der Waals surface area contributed by atoms with Gasteiger partial charge in [-0.25, -0.2) is 0 Å². The molecule has 1 fully saturated rings. The molecule has 2 nitrogen and oxygen atoms in total. The van der Waals surface area contributed by atoms with Crippen LogP contribution in [0.4, 0.5) is 0 Å². The summed E-state index contributed by atoms with van der Waals surface area (Å²) in [6.45, 7) is 0. The van der Waals surface area contributed by atoms with E-state index in [0.29, 0.717) is 0 Å². The molecular formula is C13H14BrNO. The Balaban J connectivity index is 2.04. The molecule has 1 saturated carbocycles. The molecule has 1 aliphatic carbocycles. The lowest BCUT2D eigenvalue weighted by Crippen LogP contribution is -2.10. The van der Waals surface area contributed by atoms with Crippen LogP contribution in [0.25, 0.3) is 10.9 Å². The highest BCUT2D eigenvalue weighted by Crippen LogP contribution is 2.39. The van der Waals surface area contributed by atoms with Crippen LogP contribution < -0.4 is 0 Å². The molecule has 0 aliphatic heterocycles. The number of benzene rings is 1. The van der Waals surface area contributed by atoms with Crippen LogP contribution in [0.3, 0.4) is 0 Å². The summed E-state index contributed by atoms with van der Waals surface area (Å²) in [6.07, 6.45) is 4.75. The summed E-state index contributed by atoms with van der Waals surface area (Å²) in [7, 11) is 2.04. The van der Waals surface area contributed by atoms with Gasteiger partial charge in [-0.05, 0) is 40.4 Å². The lowest BCUT2D eigenvalue weighted by Gasteiger charge is -2.08. The molecule has 3 rings (SSSR count). The van der Waals surface area contributed by atoms with E-state index in [-0.39, 0.29) is 0 Å². The molecule has 1 aromatic carbocycles. The Morgan fingerprint density at radius 2 is 2.19 bits per heavy atom. The van der Waals surface area contributed by atoms with E-state index in [4.69, 9.17) is 0 Å². The van der Waals surface area contributed by atoms with Crippen molar-refractivity contribution in [3.05, 3.63) is 34.4 Å². The zero-order valence-electron chi connectivity index (χ0n) is 9.20. The predicted octanol–water partition coefficient (Wildman–Crippen LogP) is 3.01. The van der Waals surface area contributed by atoms with Gasteiger partial charge in [-0.3, -0.25) is 0 Å². The molecule has 2 aromatic rings. The normalized spacial score (nSPS) is 17.9. The fourth-order valence-electron chi connectivity index (χ4n) is 2.19. The predicted molar refractivity (Wildman–Crippen MR) is 68.5 cm³/mol. The molecule has 0 unspecified atom stereocenters. The Labute approximate surface area is 103 Å². The number of halogens is 1. The van der Waals surface area contributed by atoms with Crippen molar-refractivity contribution in [1.29, 1.82) is 0 Å². The Hall–Kier alpha value is -0.800. The molecule has 16 heavy (non-hydrogen) atoms. The second-order valence-corrected chi connectivity index (χ2v) is 5.69. The van der Waals surface area contributed by atoms with E-state index in [1.54, 1.807) is 0 Å². The first-order valence-electron chi connectivity index (χ1n) is 5.53. The van der Waals surface area contributed by atoms with E-state index in [1.165, 1.54) is 16.5 Å². The van der Waals surface area contributed by atoms with Gasteiger partial charge >= 0.3 is 0 Å². The van der Waals surface area contributed by atoms with Crippen molar-refractivity contribution in [3.8, 4) is 0 Å². The number of fused-ring (bicyclic) bond motifs is 1. The van der Waals surface area contributed by atoms with E-state index in [9.17, 15) is 5.11 Å². The topological polar surface area (TPSA) is 25.2 Å². The van der Waals surface area contributed by atoms with Gasteiger partial charge < -0.3 is 9.67 Å². The average molecular weight is 280 g/mol.